The molecule has 0 amide bonds. The van der Waals surface area contributed by atoms with Gasteiger partial charge in [-0.25, -0.2) is 0 Å². The first-order valence-electron chi connectivity index (χ1n) is 4.14. The Hall–Kier alpha value is -0.610. The van der Waals surface area contributed by atoms with E-state index in [0.29, 0.717) is 12.8 Å². The standard InChI is InChI=1S/C8H14O4/c1-5(9)12-7-4-2-3-6(10)8(7)11/h6-8,10-11H,2-4H2,1H3/t6-,7+,8-/m0/s1. The fourth-order valence-corrected chi connectivity index (χ4v) is 1.46. The zero-order chi connectivity index (χ0) is 9.14. The molecule has 0 radical (unpaired) electrons. The van der Waals surface area contributed by atoms with Crippen LogP contribution in [0.3, 0.4) is 0 Å². The lowest BCUT2D eigenvalue weighted by molar-refractivity contribution is -0.162. The predicted octanol–water partition coefficient (Wildman–Crippen LogP) is -0.176. The molecule has 0 saturated heterocycles. The van der Waals surface area contributed by atoms with Crippen molar-refractivity contribution in [3.63, 3.8) is 0 Å². The molecule has 4 heteroatoms. The summed E-state index contributed by atoms with van der Waals surface area (Å²) >= 11 is 0. The molecule has 0 heterocycles. The second kappa shape index (κ2) is 3.87. The third-order valence-corrected chi connectivity index (χ3v) is 2.08. The molecule has 4 nitrogen and oxygen atoms in total. The van der Waals surface area contributed by atoms with Crippen molar-refractivity contribution in [3.8, 4) is 0 Å². The Bertz CT molecular complexity index is 168. The van der Waals surface area contributed by atoms with Crippen LogP contribution in [0.4, 0.5) is 0 Å². The Morgan fingerprint density at radius 3 is 2.67 bits per heavy atom. The molecule has 0 aliphatic heterocycles. The van der Waals surface area contributed by atoms with Crippen molar-refractivity contribution in [1.82, 2.24) is 0 Å². The second-order valence-corrected chi connectivity index (χ2v) is 3.14. The number of esters is 1. The number of aliphatic hydroxyl groups is 2. The summed E-state index contributed by atoms with van der Waals surface area (Å²) in [5, 5.41) is 18.6. The molecule has 1 saturated carbocycles. The Morgan fingerprint density at radius 2 is 2.08 bits per heavy atom. The van der Waals surface area contributed by atoms with Crippen molar-refractivity contribution >= 4 is 5.97 Å². The van der Waals surface area contributed by atoms with Crippen molar-refractivity contribution in [2.75, 3.05) is 0 Å². The van der Waals surface area contributed by atoms with E-state index < -0.39 is 24.3 Å². The Kier molecular flexibility index (Phi) is 3.05. The molecule has 0 aromatic heterocycles. The minimum atomic E-state index is -0.914. The number of carbonyl (C=O) groups excluding carboxylic acids is 1. The van der Waals surface area contributed by atoms with Crippen LogP contribution in [0.1, 0.15) is 26.2 Å². The molecule has 1 aliphatic carbocycles. The molecule has 0 aromatic rings. The molecule has 0 bridgehead atoms. The van der Waals surface area contributed by atoms with Gasteiger partial charge < -0.3 is 14.9 Å². The normalized spacial score (nSPS) is 36.1. The fourth-order valence-electron chi connectivity index (χ4n) is 1.46. The Morgan fingerprint density at radius 1 is 1.42 bits per heavy atom. The summed E-state index contributed by atoms with van der Waals surface area (Å²) in [4.78, 5) is 10.5. The van der Waals surface area contributed by atoms with Gasteiger partial charge in [0.25, 0.3) is 0 Å². The smallest absolute Gasteiger partial charge is 0.302 e. The van der Waals surface area contributed by atoms with Gasteiger partial charge in [0.05, 0.1) is 6.10 Å². The summed E-state index contributed by atoms with van der Waals surface area (Å²) in [6, 6.07) is 0. The first-order chi connectivity index (χ1) is 5.61. The number of aliphatic hydroxyl groups excluding tert-OH is 2. The zero-order valence-electron chi connectivity index (χ0n) is 7.06. The van der Waals surface area contributed by atoms with Crippen LogP contribution in [-0.2, 0) is 9.53 Å². The topological polar surface area (TPSA) is 66.8 Å². The van der Waals surface area contributed by atoms with Crippen LogP contribution >= 0.6 is 0 Å². The van der Waals surface area contributed by atoms with Gasteiger partial charge >= 0.3 is 5.97 Å². The minimum absolute atomic E-state index is 0.409. The van der Waals surface area contributed by atoms with Gasteiger partial charge in [-0.2, -0.15) is 0 Å². The lowest BCUT2D eigenvalue weighted by atomic mass is 9.92. The fraction of sp³-hybridized carbons (Fsp3) is 0.875. The van der Waals surface area contributed by atoms with Crippen LogP contribution in [0.2, 0.25) is 0 Å². The average molecular weight is 174 g/mol. The first-order valence-corrected chi connectivity index (χ1v) is 4.14. The molecule has 1 aliphatic rings. The molecule has 70 valence electrons. The highest BCUT2D eigenvalue weighted by Gasteiger charge is 2.32. The number of rotatable bonds is 1. The third kappa shape index (κ3) is 2.19. The van der Waals surface area contributed by atoms with E-state index in [2.05, 4.69) is 0 Å². The SMILES string of the molecule is CC(=O)O[C@@H]1CCC[C@H](O)[C@@H]1O. The largest absolute Gasteiger partial charge is 0.460 e. The number of hydrogen-bond acceptors (Lipinski definition) is 4. The quantitative estimate of drug-likeness (QED) is 0.541. The van der Waals surface area contributed by atoms with Crippen molar-refractivity contribution in [1.29, 1.82) is 0 Å². The van der Waals surface area contributed by atoms with Crippen molar-refractivity contribution in [2.45, 2.75) is 44.5 Å². The summed E-state index contributed by atoms with van der Waals surface area (Å²) in [5.41, 5.74) is 0. The van der Waals surface area contributed by atoms with Crippen molar-refractivity contribution in [3.05, 3.63) is 0 Å². The third-order valence-electron chi connectivity index (χ3n) is 2.08. The summed E-state index contributed by atoms with van der Waals surface area (Å²) < 4.78 is 4.82. The highest BCUT2D eigenvalue weighted by molar-refractivity contribution is 5.66. The van der Waals surface area contributed by atoms with Gasteiger partial charge in [0.1, 0.15) is 12.2 Å². The molecule has 0 aromatic carbocycles. The van der Waals surface area contributed by atoms with Crippen molar-refractivity contribution < 1.29 is 19.7 Å². The summed E-state index contributed by atoms with van der Waals surface area (Å²) in [7, 11) is 0. The summed E-state index contributed by atoms with van der Waals surface area (Å²) in [6.45, 7) is 1.30. The van der Waals surface area contributed by atoms with E-state index in [1.807, 2.05) is 0 Å². The van der Waals surface area contributed by atoms with E-state index in [4.69, 9.17) is 4.74 Å². The summed E-state index contributed by atoms with van der Waals surface area (Å²) in [5.74, 6) is -0.409. The lowest BCUT2D eigenvalue weighted by Crippen LogP contribution is -2.43. The van der Waals surface area contributed by atoms with Crippen LogP contribution in [0.25, 0.3) is 0 Å². The van der Waals surface area contributed by atoms with Gasteiger partial charge in [0.2, 0.25) is 0 Å². The minimum Gasteiger partial charge on any atom is -0.460 e. The van der Waals surface area contributed by atoms with Gasteiger partial charge in [-0.05, 0) is 19.3 Å². The van der Waals surface area contributed by atoms with E-state index in [-0.39, 0.29) is 0 Å². The van der Waals surface area contributed by atoms with E-state index in [0.717, 1.165) is 6.42 Å². The van der Waals surface area contributed by atoms with Gasteiger partial charge in [0, 0.05) is 6.92 Å². The van der Waals surface area contributed by atoms with Gasteiger partial charge in [0.15, 0.2) is 0 Å². The van der Waals surface area contributed by atoms with Crippen LogP contribution < -0.4 is 0 Å². The number of carbonyl (C=O) groups is 1. The first kappa shape index (κ1) is 9.48. The molecule has 2 N–H and O–H groups in total. The number of ether oxygens (including phenoxy) is 1. The predicted molar refractivity (Wildman–Crippen MR) is 41.4 cm³/mol. The summed E-state index contributed by atoms with van der Waals surface area (Å²) in [6.07, 6.45) is -0.176. The Balaban J connectivity index is 2.46. The molecular formula is C8H14O4. The van der Waals surface area contributed by atoms with E-state index in [9.17, 15) is 15.0 Å². The Labute approximate surface area is 71.2 Å². The molecule has 0 unspecified atom stereocenters. The molecule has 1 fully saturated rings. The molecule has 0 spiro atoms. The highest BCUT2D eigenvalue weighted by Crippen LogP contribution is 2.21. The van der Waals surface area contributed by atoms with Gasteiger partial charge in [-0.3, -0.25) is 4.79 Å². The van der Waals surface area contributed by atoms with E-state index >= 15 is 0 Å². The average Bonchev–Trinajstić information content (AvgIpc) is 1.98. The van der Waals surface area contributed by atoms with E-state index in [1.54, 1.807) is 0 Å². The molecule has 12 heavy (non-hydrogen) atoms. The maximum Gasteiger partial charge on any atom is 0.302 e. The van der Waals surface area contributed by atoms with Gasteiger partial charge in [-0.1, -0.05) is 0 Å². The zero-order valence-corrected chi connectivity index (χ0v) is 7.06. The van der Waals surface area contributed by atoms with E-state index in [1.165, 1.54) is 6.92 Å². The van der Waals surface area contributed by atoms with Crippen LogP contribution in [-0.4, -0.2) is 34.5 Å². The maximum absolute atomic E-state index is 10.5. The van der Waals surface area contributed by atoms with Crippen molar-refractivity contribution in [2.24, 2.45) is 0 Å². The van der Waals surface area contributed by atoms with Crippen LogP contribution in [0.15, 0.2) is 0 Å². The second-order valence-electron chi connectivity index (χ2n) is 3.14. The number of hydrogen-bond donors (Lipinski definition) is 2. The maximum atomic E-state index is 10.5. The molecule has 1 rings (SSSR count). The van der Waals surface area contributed by atoms with Crippen LogP contribution in [0.5, 0.6) is 0 Å². The lowest BCUT2D eigenvalue weighted by Gasteiger charge is -2.30. The molecule has 3 atom stereocenters. The van der Waals surface area contributed by atoms with Gasteiger partial charge in [-0.15, -0.1) is 0 Å². The highest BCUT2D eigenvalue weighted by atomic mass is 16.6. The monoisotopic (exact) mass is 174 g/mol. The van der Waals surface area contributed by atoms with Crippen LogP contribution in [0, 0.1) is 0 Å². The molecular weight excluding hydrogens is 160 g/mol.